The van der Waals surface area contributed by atoms with Gasteiger partial charge in [0.15, 0.2) is 5.78 Å². The molecule has 1 atom stereocenters. The van der Waals surface area contributed by atoms with Crippen LogP contribution >= 0.6 is 11.6 Å². The topological polar surface area (TPSA) is 29.4 Å². The van der Waals surface area contributed by atoms with Crippen molar-refractivity contribution in [2.45, 2.75) is 26.3 Å². The molecule has 0 amide bonds. The third-order valence-electron chi connectivity index (χ3n) is 3.97. The predicted octanol–water partition coefficient (Wildman–Crippen LogP) is 4.33. The molecule has 0 saturated heterocycles. The van der Waals surface area contributed by atoms with Crippen molar-refractivity contribution in [3.8, 4) is 0 Å². The van der Waals surface area contributed by atoms with Crippen molar-refractivity contribution in [3.63, 3.8) is 0 Å². The SMILES string of the molecule is CC(C)[C@H]1N=C(c2ccccc2)c2cc(Cl)ccc2CC1=O. The van der Waals surface area contributed by atoms with Gasteiger partial charge in [0, 0.05) is 22.6 Å². The highest BCUT2D eigenvalue weighted by Gasteiger charge is 2.28. The molecule has 0 spiro atoms. The first-order valence-electron chi connectivity index (χ1n) is 7.51. The maximum absolute atomic E-state index is 12.5. The summed E-state index contributed by atoms with van der Waals surface area (Å²) < 4.78 is 0. The second-order valence-corrected chi connectivity index (χ2v) is 6.41. The fourth-order valence-corrected chi connectivity index (χ4v) is 3.02. The molecule has 22 heavy (non-hydrogen) atoms. The summed E-state index contributed by atoms with van der Waals surface area (Å²) in [6.45, 7) is 4.08. The van der Waals surface area contributed by atoms with E-state index in [1.807, 2.05) is 62.4 Å². The monoisotopic (exact) mass is 311 g/mol. The quantitative estimate of drug-likeness (QED) is 0.812. The zero-order valence-corrected chi connectivity index (χ0v) is 13.5. The Kier molecular flexibility index (Phi) is 4.12. The molecule has 0 aliphatic carbocycles. The van der Waals surface area contributed by atoms with Crippen LogP contribution in [-0.2, 0) is 11.2 Å². The highest BCUT2D eigenvalue weighted by Crippen LogP contribution is 2.26. The Balaban J connectivity index is 2.23. The molecule has 2 nitrogen and oxygen atoms in total. The number of ketones is 1. The van der Waals surface area contributed by atoms with Crippen molar-refractivity contribution < 1.29 is 4.79 Å². The number of hydrogen-bond acceptors (Lipinski definition) is 2. The van der Waals surface area contributed by atoms with E-state index in [1.54, 1.807) is 0 Å². The number of carbonyl (C=O) groups excluding carboxylic acids is 1. The van der Waals surface area contributed by atoms with Gasteiger partial charge in [-0.15, -0.1) is 0 Å². The molecular weight excluding hydrogens is 294 g/mol. The average molecular weight is 312 g/mol. The van der Waals surface area contributed by atoms with E-state index in [-0.39, 0.29) is 17.7 Å². The summed E-state index contributed by atoms with van der Waals surface area (Å²) in [7, 11) is 0. The number of hydrogen-bond donors (Lipinski definition) is 0. The number of fused-ring (bicyclic) bond motifs is 1. The van der Waals surface area contributed by atoms with Gasteiger partial charge in [0.2, 0.25) is 0 Å². The normalized spacial score (nSPS) is 17.9. The lowest BCUT2D eigenvalue weighted by Crippen LogP contribution is -2.25. The van der Waals surface area contributed by atoms with Gasteiger partial charge < -0.3 is 0 Å². The minimum atomic E-state index is -0.304. The van der Waals surface area contributed by atoms with Crippen LogP contribution in [0.3, 0.4) is 0 Å². The fourth-order valence-electron chi connectivity index (χ4n) is 2.84. The number of Topliss-reactive ketones (excluding diaryl/α,β-unsaturated/α-hetero) is 1. The van der Waals surface area contributed by atoms with E-state index >= 15 is 0 Å². The largest absolute Gasteiger partial charge is 0.297 e. The molecule has 2 aromatic carbocycles. The molecule has 0 bridgehead atoms. The van der Waals surface area contributed by atoms with Crippen LogP contribution in [0, 0.1) is 5.92 Å². The summed E-state index contributed by atoms with van der Waals surface area (Å²) in [4.78, 5) is 17.4. The van der Waals surface area contributed by atoms with Gasteiger partial charge in [0.1, 0.15) is 6.04 Å². The minimum Gasteiger partial charge on any atom is -0.297 e. The lowest BCUT2D eigenvalue weighted by molar-refractivity contribution is -0.120. The maximum Gasteiger partial charge on any atom is 0.161 e. The molecule has 0 radical (unpaired) electrons. The van der Waals surface area contributed by atoms with Crippen LogP contribution in [0.25, 0.3) is 0 Å². The van der Waals surface area contributed by atoms with E-state index in [4.69, 9.17) is 16.6 Å². The van der Waals surface area contributed by atoms with Gasteiger partial charge in [-0.2, -0.15) is 0 Å². The Labute approximate surface area is 135 Å². The van der Waals surface area contributed by atoms with E-state index in [0.29, 0.717) is 11.4 Å². The number of carbonyl (C=O) groups is 1. The molecule has 3 heteroatoms. The van der Waals surface area contributed by atoms with Gasteiger partial charge in [-0.25, -0.2) is 0 Å². The first kappa shape index (κ1) is 15.0. The van der Waals surface area contributed by atoms with E-state index < -0.39 is 0 Å². The molecule has 0 N–H and O–H groups in total. The van der Waals surface area contributed by atoms with Crippen LogP contribution < -0.4 is 0 Å². The molecule has 0 saturated carbocycles. The molecule has 0 aromatic heterocycles. The van der Waals surface area contributed by atoms with Crippen molar-refractivity contribution >= 4 is 23.1 Å². The molecular formula is C19H18ClNO. The summed E-state index contributed by atoms with van der Waals surface area (Å²) in [5.74, 6) is 0.348. The van der Waals surface area contributed by atoms with Crippen molar-refractivity contribution in [1.82, 2.24) is 0 Å². The molecule has 0 unspecified atom stereocenters. The van der Waals surface area contributed by atoms with Gasteiger partial charge in [-0.05, 0) is 23.6 Å². The summed E-state index contributed by atoms with van der Waals surface area (Å²) in [5, 5.41) is 0.665. The number of aliphatic imine (C=N–C) groups is 1. The Morgan fingerprint density at radius 3 is 2.55 bits per heavy atom. The highest BCUT2D eigenvalue weighted by molar-refractivity contribution is 6.31. The van der Waals surface area contributed by atoms with Gasteiger partial charge in [0.05, 0.1) is 5.71 Å². The molecule has 1 heterocycles. The summed E-state index contributed by atoms with van der Waals surface area (Å²) in [6, 6.07) is 15.4. The standard InChI is InChI=1S/C19H18ClNO/c1-12(2)18-17(22)10-14-8-9-15(20)11-16(14)19(21-18)13-6-4-3-5-7-13/h3-9,11-12,18H,10H2,1-2H3/t18-/m1/s1. The van der Waals surface area contributed by atoms with E-state index in [0.717, 1.165) is 22.4 Å². The number of nitrogens with zero attached hydrogens (tertiary/aromatic N) is 1. The first-order valence-corrected chi connectivity index (χ1v) is 7.89. The van der Waals surface area contributed by atoms with Crippen LogP contribution in [0.2, 0.25) is 5.02 Å². The third kappa shape index (κ3) is 2.84. The van der Waals surface area contributed by atoms with Crippen LogP contribution in [0.4, 0.5) is 0 Å². The zero-order valence-electron chi connectivity index (χ0n) is 12.7. The Morgan fingerprint density at radius 1 is 1.14 bits per heavy atom. The predicted molar refractivity (Wildman–Crippen MR) is 90.9 cm³/mol. The summed E-state index contributed by atoms with van der Waals surface area (Å²) in [5.41, 5.74) is 3.85. The smallest absolute Gasteiger partial charge is 0.161 e. The summed E-state index contributed by atoms with van der Waals surface area (Å²) >= 11 is 6.18. The van der Waals surface area contributed by atoms with Gasteiger partial charge in [0.25, 0.3) is 0 Å². The van der Waals surface area contributed by atoms with E-state index in [2.05, 4.69) is 0 Å². The second kappa shape index (κ2) is 6.05. The number of halogens is 1. The lowest BCUT2D eigenvalue weighted by Gasteiger charge is -2.14. The van der Waals surface area contributed by atoms with Crippen LogP contribution in [0.5, 0.6) is 0 Å². The third-order valence-corrected chi connectivity index (χ3v) is 4.20. The van der Waals surface area contributed by atoms with Crippen LogP contribution in [0.15, 0.2) is 53.5 Å². The van der Waals surface area contributed by atoms with Crippen LogP contribution in [0.1, 0.15) is 30.5 Å². The molecule has 2 aromatic rings. The van der Waals surface area contributed by atoms with Gasteiger partial charge >= 0.3 is 0 Å². The minimum absolute atomic E-state index is 0.171. The molecule has 3 rings (SSSR count). The van der Waals surface area contributed by atoms with Crippen molar-refractivity contribution in [2.24, 2.45) is 10.9 Å². The van der Waals surface area contributed by atoms with Crippen LogP contribution in [-0.4, -0.2) is 17.5 Å². The Morgan fingerprint density at radius 2 is 1.86 bits per heavy atom. The van der Waals surface area contributed by atoms with E-state index in [1.165, 1.54) is 0 Å². The number of benzene rings is 2. The van der Waals surface area contributed by atoms with Crippen molar-refractivity contribution in [2.75, 3.05) is 0 Å². The molecule has 1 aliphatic heterocycles. The zero-order chi connectivity index (χ0) is 15.7. The second-order valence-electron chi connectivity index (χ2n) is 5.98. The number of rotatable bonds is 2. The van der Waals surface area contributed by atoms with Gasteiger partial charge in [-0.3, -0.25) is 9.79 Å². The van der Waals surface area contributed by atoms with Crippen molar-refractivity contribution in [3.05, 3.63) is 70.2 Å². The van der Waals surface area contributed by atoms with Crippen molar-refractivity contribution in [1.29, 1.82) is 0 Å². The fraction of sp³-hybridized carbons (Fsp3) is 0.263. The molecule has 0 fully saturated rings. The molecule has 1 aliphatic rings. The first-order chi connectivity index (χ1) is 10.6. The average Bonchev–Trinajstić information content (AvgIpc) is 2.64. The highest BCUT2D eigenvalue weighted by atomic mass is 35.5. The Hall–Kier alpha value is -1.93. The Bertz CT molecular complexity index is 734. The van der Waals surface area contributed by atoms with E-state index in [9.17, 15) is 4.79 Å². The molecule has 112 valence electrons. The summed E-state index contributed by atoms with van der Waals surface area (Å²) in [6.07, 6.45) is 0.412. The maximum atomic E-state index is 12.5. The lowest BCUT2D eigenvalue weighted by atomic mass is 9.94. The van der Waals surface area contributed by atoms with Gasteiger partial charge in [-0.1, -0.05) is 61.8 Å².